The van der Waals surface area contributed by atoms with Crippen LogP contribution in [0.2, 0.25) is 0 Å². The van der Waals surface area contributed by atoms with Gasteiger partial charge < -0.3 is 14.6 Å². The van der Waals surface area contributed by atoms with Crippen LogP contribution in [0.1, 0.15) is 50.8 Å². The second-order valence-corrected chi connectivity index (χ2v) is 8.62. The third-order valence-electron chi connectivity index (χ3n) is 5.21. The molecule has 0 spiro atoms. The van der Waals surface area contributed by atoms with E-state index in [0.29, 0.717) is 24.8 Å². The van der Waals surface area contributed by atoms with Gasteiger partial charge in [-0.3, -0.25) is 9.88 Å². The molecule has 1 aromatic carbocycles. The van der Waals surface area contributed by atoms with Gasteiger partial charge in [0.25, 0.3) is 0 Å². The molecule has 3 rings (SSSR count). The molecule has 0 radical (unpaired) electrons. The minimum atomic E-state index is -1.05. The SMILES string of the molecule is COc1ccc(CC2CCC([C@H](O)c3cncc(F)c3)N2C(=O)OC(C)(C)C)cc1. The average Bonchev–Trinajstić information content (AvgIpc) is 3.10. The molecule has 6 nitrogen and oxygen atoms in total. The Bertz CT molecular complexity index is 866. The van der Waals surface area contributed by atoms with Gasteiger partial charge in [-0.25, -0.2) is 9.18 Å². The highest BCUT2D eigenvalue weighted by molar-refractivity contribution is 5.69. The summed E-state index contributed by atoms with van der Waals surface area (Å²) in [6, 6.07) is 8.28. The first kappa shape index (κ1) is 22.0. The average molecular weight is 416 g/mol. The quantitative estimate of drug-likeness (QED) is 0.788. The molecule has 30 heavy (non-hydrogen) atoms. The largest absolute Gasteiger partial charge is 0.497 e. The zero-order valence-corrected chi connectivity index (χ0v) is 17.8. The molecule has 1 N–H and O–H groups in total. The Hall–Kier alpha value is -2.67. The minimum Gasteiger partial charge on any atom is -0.497 e. The Balaban J connectivity index is 1.85. The molecule has 2 aromatic rings. The predicted octanol–water partition coefficient (Wildman–Crippen LogP) is 4.27. The Morgan fingerprint density at radius 1 is 1.27 bits per heavy atom. The van der Waals surface area contributed by atoms with Crippen molar-refractivity contribution in [2.24, 2.45) is 0 Å². The molecular weight excluding hydrogens is 387 g/mol. The van der Waals surface area contributed by atoms with Gasteiger partial charge in [0.05, 0.1) is 19.3 Å². The van der Waals surface area contributed by atoms with Crippen LogP contribution in [-0.4, -0.2) is 45.9 Å². The summed E-state index contributed by atoms with van der Waals surface area (Å²) in [6.07, 6.45) is 2.89. The maximum Gasteiger partial charge on any atom is 0.410 e. The number of aliphatic hydroxyl groups excluding tert-OH is 1. The van der Waals surface area contributed by atoms with Crippen LogP contribution in [0.25, 0.3) is 0 Å². The number of likely N-dealkylation sites (tertiary alicyclic amines) is 1. The lowest BCUT2D eigenvalue weighted by atomic mass is 10.0. The monoisotopic (exact) mass is 416 g/mol. The first-order chi connectivity index (χ1) is 14.2. The standard InChI is InChI=1S/C23H29FN2O4/c1-23(2,3)30-22(28)26-18(11-15-5-8-19(29-4)9-6-15)7-10-20(26)21(27)16-12-17(24)14-25-13-16/h5-6,8-9,12-14,18,20-21,27H,7,10-11H2,1-4H3/t18?,20?,21-/m1/s1. The van der Waals surface area contributed by atoms with E-state index in [2.05, 4.69) is 4.98 Å². The lowest BCUT2D eigenvalue weighted by Crippen LogP contribution is -2.47. The van der Waals surface area contributed by atoms with Gasteiger partial charge in [-0.2, -0.15) is 0 Å². The molecule has 0 saturated carbocycles. The van der Waals surface area contributed by atoms with Crippen molar-refractivity contribution >= 4 is 6.09 Å². The maximum atomic E-state index is 13.6. The topological polar surface area (TPSA) is 71.9 Å². The van der Waals surface area contributed by atoms with Crippen LogP contribution >= 0.6 is 0 Å². The fourth-order valence-corrected chi connectivity index (χ4v) is 3.87. The number of nitrogens with zero attached hydrogens (tertiary/aromatic N) is 2. The number of methoxy groups -OCH3 is 1. The van der Waals surface area contributed by atoms with Crippen LogP contribution in [0, 0.1) is 5.82 Å². The highest BCUT2D eigenvalue weighted by Crippen LogP contribution is 2.36. The van der Waals surface area contributed by atoms with Gasteiger partial charge in [0.1, 0.15) is 23.3 Å². The van der Waals surface area contributed by atoms with Crippen LogP contribution in [0.15, 0.2) is 42.7 Å². The summed E-state index contributed by atoms with van der Waals surface area (Å²) in [5.41, 5.74) is 0.732. The fourth-order valence-electron chi connectivity index (χ4n) is 3.87. The molecular formula is C23H29FN2O4. The molecule has 1 amide bonds. The predicted molar refractivity (Wildman–Crippen MR) is 111 cm³/mol. The summed E-state index contributed by atoms with van der Waals surface area (Å²) in [5, 5.41) is 10.9. The van der Waals surface area contributed by atoms with Crippen molar-refractivity contribution < 1.29 is 23.8 Å². The number of aliphatic hydroxyl groups is 1. The molecule has 162 valence electrons. The van der Waals surface area contributed by atoms with Crippen molar-refractivity contribution in [2.45, 2.75) is 63.8 Å². The van der Waals surface area contributed by atoms with Crippen LogP contribution in [-0.2, 0) is 11.2 Å². The number of amides is 1. The highest BCUT2D eigenvalue weighted by atomic mass is 19.1. The van der Waals surface area contributed by atoms with Crippen molar-refractivity contribution in [3.05, 3.63) is 59.7 Å². The van der Waals surface area contributed by atoms with Crippen LogP contribution in [0.5, 0.6) is 5.75 Å². The number of halogens is 1. The number of pyridine rings is 1. The number of carbonyl (C=O) groups is 1. The molecule has 1 fully saturated rings. The Kier molecular flexibility index (Phi) is 6.61. The number of carbonyl (C=O) groups excluding carboxylic acids is 1. The van der Waals surface area contributed by atoms with Crippen LogP contribution in [0.4, 0.5) is 9.18 Å². The summed E-state index contributed by atoms with van der Waals surface area (Å²) >= 11 is 0. The van der Waals surface area contributed by atoms with E-state index in [9.17, 15) is 14.3 Å². The fraction of sp³-hybridized carbons (Fsp3) is 0.478. The van der Waals surface area contributed by atoms with Gasteiger partial charge in [0.2, 0.25) is 0 Å². The molecule has 0 aliphatic carbocycles. The Morgan fingerprint density at radius 2 is 1.97 bits per heavy atom. The first-order valence-electron chi connectivity index (χ1n) is 10.1. The zero-order valence-electron chi connectivity index (χ0n) is 17.8. The van der Waals surface area contributed by atoms with Crippen LogP contribution < -0.4 is 4.74 Å². The molecule has 2 unspecified atom stereocenters. The number of aromatic nitrogens is 1. The van der Waals surface area contributed by atoms with E-state index in [4.69, 9.17) is 9.47 Å². The van der Waals surface area contributed by atoms with Gasteiger partial charge in [0, 0.05) is 17.8 Å². The zero-order chi connectivity index (χ0) is 21.9. The van der Waals surface area contributed by atoms with E-state index >= 15 is 0 Å². The molecule has 7 heteroatoms. The van der Waals surface area contributed by atoms with E-state index in [1.54, 1.807) is 32.8 Å². The lowest BCUT2D eigenvalue weighted by Gasteiger charge is -2.34. The number of benzene rings is 1. The molecule has 1 aliphatic rings. The summed E-state index contributed by atoms with van der Waals surface area (Å²) in [6.45, 7) is 5.42. The van der Waals surface area contributed by atoms with Gasteiger partial charge in [-0.15, -0.1) is 0 Å². The first-order valence-corrected chi connectivity index (χ1v) is 10.1. The van der Waals surface area contributed by atoms with Crippen molar-refractivity contribution in [2.75, 3.05) is 7.11 Å². The summed E-state index contributed by atoms with van der Waals surface area (Å²) < 4.78 is 24.5. The van der Waals surface area contributed by atoms with E-state index in [1.807, 2.05) is 24.3 Å². The highest BCUT2D eigenvalue weighted by Gasteiger charge is 2.43. The molecule has 2 heterocycles. The summed E-state index contributed by atoms with van der Waals surface area (Å²) in [7, 11) is 1.61. The van der Waals surface area contributed by atoms with Crippen molar-refractivity contribution in [1.29, 1.82) is 0 Å². The summed E-state index contributed by atoms with van der Waals surface area (Å²) in [5.74, 6) is 0.240. The van der Waals surface area contributed by atoms with E-state index in [0.717, 1.165) is 17.5 Å². The summed E-state index contributed by atoms with van der Waals surface area (Å²) in [4.78, 5) is 18.5. The second-order valence-electron chi connectivity index (χ2n) is 8.62. The second kappa shape index (κ2) is 9.00. The third-order valence-corrected chi connectivity index (χ3v) is 5.21. The van der Waals surface area contributed by atoms with Gasteiger partial charge in [0.15, 0.2) is 0 Å². The number of hydrogen-bond donors (Lipinski definition) is 1. The van der Waals surface area contributed by atoms with E-state index in [1.165, 1.54) is 12.3 Å². The van der Waals surface area contributed by atoms with Crippen molar-refractivity contribution in [1.82, 2.24) is 9.88 Å². The Labute approximate surface area is 176 Å². The maximum absolute atomic E-state index is 13.6. The van der Waals surface area contributed by atoms with E-state index in [-0.39, 0.29) is 6.04 Å². The van der Waals surface area contributed by atoms with Crippen molar-refractivity contribution in [3.8, 4) is 5.75 Å². The minimum absolute atomic E-state index is 0.144. The Morgan fingerprint density at radius 3 is 2.57 bits per heavy atom. The molecule has 1 aromatic heterocycles. The lowest BCUT2D eigenvalue weighted by molar-refractivity contribution is -0.00462. The van der Waals surface area contributed by atoms with Crippen LogP contribution in [0.3, 0.4) is 0 Å². The molecule has 1 saturated heterocycles. The van der Waals surface area contributed by atoms with Crippen molar-refractivity contribution in [3.63, 3.8) is 0 Å². The third kappa shape index (κ3) is 5.27. The van der Waals surface area contributed by atoms with E-state index < -0.39 is 29.7 Å². The van der Waals surface area contributed by atoms with Gasteiger partial charge in [-0.05, 0) is 63.8 Å². The number of rotatable bonds is 5. The van der Waals surface area contributed by atoms with Gasteiger partial charge in [-0.1, -0.05) is 12.1 Å². The normalized spacial score (nSPS) is 20.1. The molecule has 1 aliphatic heterocycles. The number of hydrogen-bond acceptors (Lipinski definition) is 5. The number of ether oxygens (including phenoxy) is 2. The molecule has 0 bridgehead atoms. The molecule has 3 atom stereocenters. The smallest absolute Gasteiger partial charge is 0.410 e. The van der Waals surface area contributed by atoms with Gasteiger partial charge >= 0.3 is 6.09 Å².